The summed E-state index contributed by atoms with van der Waals surface area (Å²) in [5.74, 6) is 0.329. The molecular weight excluding hydrogens is 310 g/mol. The van der Waals surface area contributed by atoms with Crippen LogP contribution in [-0.4, -0.2) is 24.8 Å². The van der Waals surface area contributed by atoms with Gasteiger partial charge >= 0.3 is 10.2 Å². The summed E-state index contributed by atoms with van der Waals surface area (Å²) in [4.78, 5) is 12.1. The summed E-state index contributed by atoms with van der Waals surface area (Å²) in [5.41, 5.74) is 0.568. The van der Waals surface area contributed by atoms with Gasteiger partial charge in [0, 0.05) is 0 Å². The molecule has 1 aliphatic rings. The molecule has 2 rings (SSSR count). The molecule has 6 nitrogen and oxygen atoms in total. The second-order valence-electron chi connectivity index (χ2n) is 4.91. The van der Waals surface area contributed by atoms with Crippen molar-refractivity contribution in [3.8, 4) is 6.07 Å². The van der Waals surface area contributed by atoms with Crippen LogP contribution < -0.4 is 9.44 Å². The lowest BCUT2D eigenvalue weighted by Crippen LogP contribution is -2.45. The molecule has 1 aromatic carbocycles. The maximum absolute atomic E-state index is 12.1. The van der Waals surface area contributed by atoms with Crippen LogP contribution in [0.1, 0.15) is 25.3 Å². The van der Waals surface area contributed by atoms with Crippen molar-refractivity contribution in [2.45, 2.75) is 24.5 Å². The molecule has 0 radical (unpaired) electrons. The Morgan fingerprint density at radius 1 is 1.48 bits per heavy atom. The van der Waals surface area contributed by atoms with E-state index in [0.717, 1.165) is 12.2 Å². The van der Waals surface area contributed by atoms with Gasteiger partial charge in [-0.2, -0.15) is 13.7 Å². The monoisotopic (exact) mass is 325 g/mol. The third-order valence-corrected chi connectivity index (χ3v) is 5.65. The summed E-state index contributed by atoms with van der Waals surface area (Å²) in [6, 6.07) is 7.95. The Balaban J connectivity index is 2.08. The van der Waals surface area contributed by atoms with Crippen LogP contribution in [0.15, 0.2) is 24.3 Å². The maximum atomic E-state index is 12.1. The van der Waals surface area contributed by atoms with Gasteiger partial charge in [-0.3, -0.25) is 9.52 Å². The standard InChI is InChI=1S/C13H15N3O3S2/c1-13(6-3-7-20-13)12(17)16-21(18,19)15-11-5-2-4-10(8-11)9-14/h2,4-5,8,15H,3,6-7H2,1H3,(H,16,17). The fourth-order valence-electron chi connectivity index (χ4n) is 2.02. The molecule has 1 amide bonds. The summed E-state index contributed by atoms with van der Waals surface area (Å²) in [5, 5.41) is 8.78. The molecule has 0 bridgehead atoms. The highest BCUT2D eigenvalue weighted by Gasteiger charge is 2.39. The number of carbonyl (C=O) groups excluding carboxylic acids is 1. The summed E-state index contributed by atoms with van der Waals surface area (Å²) in [7, 11) is -4.01. The predicted molar refractivity (Wildman–Crippen MR) is 81.9 cm³/mol. The first-order valence-electron chi connectivity index (χ1n) is 6.34. The number of carbonyl (C=O) groups is 1. The average Bonchev–Trinajstić information content (AvgIpc) is 2.86. The van der Waals surface area contributed by atoms with Gasteiger partial charge in [-0.1, -0.05) is 6.07 Å². The Bertz CT molecular complexity index is 689. The quantitative estimate of drug-likeness (QED) is 0.876. The number of amides is 1. The van der Waals surface area contributed by atoms with Crippen LogP contribution in [0.4, 0.5) is 5.69 Å². The molecule has 0 aromatic heterocycles. The fraction of sp³-hybridized carbons (Fsp3) is 0.385. The highest BCUT2D eigenvalue weighted by Crippen LogP contribution is 2.37. The molecule has 0 aliphatic carbocycles. The van der Waals surface area contributed by atoms with Gasteiger partial charge in [-0.25, -0.2) is 4.72 Å². The van der Waals surface area contributed by atoms with Crippen molar-refractivity contribution >= 4 is 33.6 Å². The molecular formula is C13H15N3O3S2. The maximum Gasteiger partial charge on any atom is 0.323 e. The summed E-state index contributed by atoms with van der Waals surface area (Å²) < 4.78 is 27.5. The second kappa shape index (κ2) is 5.95. The summed E-state index contributed by atoms with van der Waals surface area (Å²) in [6.45, 7) is 1.74. The number of nitriles is 1. The zero-order chi connectivity index (χ0) is 15.5. The normalized spacial score (nSPS) is 21.5. The first-order chi connectivity index (χ1) is 9.85. The van der Waals surface area contributed by atoms with Crippen LogP contribution in [-0.2, 0) is 15.0 Å². The van der Waals surface area contributed by atoms with E-state index in [1.165, 1.54) is 23.9 Å². The lowest BCUT2D eigenvalue weighted by molar-refractivity contribution is -0.121. The van der Waals surface area contributed by atoms with Gasteiger partial charge in [0.2, 0.25) is 0 Å². The number of nitrogens with one attached hydrogen (secondary N) is 2. The Labute approximate surface area is 128 Å². The third kappa shape index (κ3) is 3.89. The van der Waals surface area contributed by atoms with Crippen molar-refractivity contribution in [1.29, 1.82) is 5.26 Å². The number of anilines is 1. The van der Waals surface area contributed by atoms with E-state index in [1.807, 2.05) is 10.8 Å². The largest absolute Gasteiger partial charge is 0.323 e. The minimum atomic E-state index is -4.01. The zero-order valence-corrected chi connectivity index (χ0v) is 13.1. The third-order valence-electron chi connectivity index (χ3n) is 3.17. The minimum absolute atomic E-state index is 0.235. The van der Waals surface area contributed by atoms with Crippen LogP contribution in [0, 0.1) is 11.3 Å². The van der Waals surface area contributed by atoms with Crippen molar-refractivity contribution < 1.29 is 13.2 Å². The first-order valence-corrected chi connectivity index (χ1v) is 8.81. The molecule has 1 aliphatic heterocycles. The van der Waals surface area contributed by atoms with Crippen LogP contribution in [0.5, 0.6) is 0 Å². The lowest BCUT2D eigenvalue weighted by Gasteiger charge is -2.21. The molecule has 0 saturated carbocycles. The van der Waals surface area contributed by atoms with E-state index in [2.05, 4.69) is 4.72 Å². The van der Waals surface area contributed by atoms with Crippen molar-refractivity contribution in [1.82, 2.24) is 4.72 Å². The number of benzene rings is 1. The van der Waals surface area contributed by atoms with E-state index in [1.54, 1.807) is 19.1 Å². The number of hydrogen-bond acceptors (Lipinski definition) is 5. The second-order valence-corrected chi connectivity index (χ2v) is 7.93. The molecule has 1 saturated heterocycles. The van der Waals surface area contributed by atoms with Gasteiger partial charge in [0.05, 0.1) is 22.1 Å². The number of hydrogen-bond donors (Lipinski definition) is 2. The van der Waals surface area contributed by atoms with Gasteiger partial charge in [0.1, 0.15) is 0 Å². The molecule has 2 N–H and O–H groups in total. The van der Waals surface area contributed by atoms with Crippen molar-refractivity contribution in [3.63, 3.8) is 0 Å². The number of thioether (sulfide) groups is 1. The van der Waals surface area contributed by atoms with Gasteiger partial charge < -0.3 is 0 Å². The molecule has 1 fully saturated rings. The van der Waals surface area contributed by atoms with Gasteiger partial charge in [-0.15, -0.1) is 11.8 Å². The molecule has 1 aromatic rings. The molecule has 21 heavy (non-hydrogen) atoms. The Hall–Kier alpha value is -1.72. The van der Waals surface area contributed by atoms with E-state index in [0.29, 0.717) is 12.0 Å². The van der Waals surface area contributed by atoms with Gasteiger partial charge in [0.15, 0.2) is 0 Å². The highest BCUT2D eigenvalue weighted by molar-refractivity contribution is 8.01. The Morgan fingerprint density at radius 3 is 2.86 bits per heavy atom. The molecule has 8 heteroatoms. The smallest absolute Gasteiger partial charge is 0.272 e. The number of rotatable bonds is 4. The van der Waals surface area contributed by atoms with E-state index in [9.17, 15) is 13.2 Å². The van der Waals surface area contributed by atoms with Gasteiger partial charge in [-0.05, 0) is 43.7 Å². The van der Waals surface area contributed by atoms with Gasteiger partial charge in [0.25, 0.3) is 5.91 Å². The highest BCUT2D eigenvalue weighted by atomic mass is 32.2. The molecule has 0 spiro atoms. The van der Waals surface area contributed by atoms with Crippen LogP contribution >= 0.6 is 11.8 Å². The topological polar surface area (TPSA) is 99.1 Å². The Morgan fingerprint density at radius 2 is 2.24 bits per heavy atom. The fourth-order valence-corrected chi connectivity index (χ4v) is 4.25. The Kier molecular flexibility index (Phi) is 4.44. The SMILES string of the molecule is CC1(C(=O)NS(=O)(=O)Nc2cccc(C#N)c2)CCCS1. The van der Waals surface area contributed by atoms with Crippen molar-refractivity contribution in [2.75, 3.05) is 10.5 Å². The summed E-state index contributed by atoms with van der Waals surface area (Å²) >= 11 is 1.46. The van der Waals surface area contributed by atoms with Crippen molar-refractivity contribution in [2.24, 2.45) is 0 Å². The number of nitrogens with zero attached hydrogens (tertiary/aromatic N) is 1. The zero-order valence-electron chi connectivity index (χ0n) is 11.4. The van der Waals surface area contributed by atoms with E-state index in [4.69, 9.17) is 5.26 Å². The van der Waals surface area contributed by atoms with Crippen LogP contribution in [0.25, 0.3) is 0 Å². The molecule has 1 unspecified atom stereocenters. The lowest BCUT2D eigenvalue weighted by atomic mass is 10.1. The molecule has 1 heterocycles. The molecule has 1 atom stereocenters. The van der Waals surface area contributed by atoms with Crippen LogP contribution in [0.3, 0.4) is 0 Å². The van der Waals surface area contributed by atoms with E-state index < -0.39 is 20.9 Å². The average molecular weight is 325 g/mol. The first kappa shape index (κ1) is 15.7. The minimum Gasteiger partial charge on any atom is -0.272 e. The molecule has 112 valence electrons. The predicted octanol–water partition coefficient (Wildman–Crippen LogP) is 1.62. The van der Waals surface area contributed by atoms with E-state index in [-0.39, 0.29) is 5.69 Å². The van der Waals surface area contributed by atoms with Crippen molar-refractivity contribution in [3.05, 3.63) is 29.8 Å². The summed E-state index contributed by atoms with van der Waals surface area (Å²) in [6.07, 6.45) is 1.55. The van der Waals surface area contributed by atoms with Crippen LogP contribution in [0.2, 0.25) is 0 Å². The van der Waals surface area contributed by atoms with E-state index >= 15 is 0 Å².